The van der Waals surface area contributed by atoms with Crippen molar-refractivity contribution in [2.24, 2.45) is 0 Å². The molecule has 0 aliphatic heterocycles. The number of sulfonamides is 1. The predicted octanol–water partition coefficient (Wildman–Crippen LogP) is 1.64. The first-order chi connectivity index (χ1) is 9.89. The number of ether oxygens (including phenoxy) is 1. The lowest BCUT2D eigenvalue weighted by molar-refractivity contribution is 0.0916. The van der Waals surface area contributed by atoms with E-state index in [0.29, 0.717) is 11.1 Å². The van der Waals surface area contributed by atoms with Gasteiger partial charge in [0.25, 0.3) is 0 Å². The van der Waals surface area contributed by atoms with Gasteiger partial charge in [0.15, 0.2) is 0 Å². The van der Waals surface area contributed by atoms with E-state index in [0.717, 1.165) is 24.8 Å². The van der Waals surface area contributed by atoms with Crippen LogP contribution in [-0.2, 0) is 21.4 Å². The minimum atomic E-state index is -3.61. The van der Waals surface area contributed by atoms with Crippen molar-refractivity contribution in [3.63, 3.8) is 0 Å². The van der Waals surface area contributed by atoms with Crippen LogP contribution in [0, 0.1) is 13.8 Å². The highest BCUT2D eigenvalue weighted by Crippen LogP contribution is 2.25. The van der Waals surface area contributed by atoms with E-state index in [2.05, 4.69) is 4.72 Å². The topological polar surface area (TPSA) is 75.6 Å². The lowest BCUT2D eigenvalue weighted by atomic mass is 10.1. The number of methoxy groups -OCH3 is 1. The van der Waals surface area contributed by atoms with Gasteiger partial charge in [-0.1, -0.05) is 6.07 Å². The molecule has 1 aromatic carbocycles. The molecule has 1 aromatic rings. The van der Waals surface area contributed by atoms with E-state index >= 15 is 0 Å². The number of aliphatic hydroxyl groups is 1. The Morgan fingerprint density at radius 2 is 2.00 bits per heavy atom. The van der Waals surface area contributed by atoms with Gasteiger partial charge in [0, 0.05) is 13.2 Å². The SMILES string of the molecule is COC1CCCC1NS(=O)(=O)c1cc(CO)c(C)cc1C. The van der Waals surface area contributed by atoms with Crippen molar-refractivity contribution in [1.82, 2.24) is 4.72 Å². The first kappa shape index (κ1) is 16.4. The predicted molar refractivity (Wildman–Crippen MR) is 80.6 cm³/mol. The van der Waals surface area contributed by atoms with Crippen molar-refractivity contribution in [3.05, 3.63) is 28.8 Å². The molecular formula is C15H23NO4S. The largest absolute Gasteiger partial charge is 0.392 e. The number of hydrogen-bond donors (Lipinski definition) is 2. The summed E-state index contributed by atoms with van der Waals surface area (Å²) in [5.74, 6) is 0. The number of aryl methyl sites for hydroxylation is 2. The highest BCUT2D eigenvalue weighted by molar-refractivity contribution is 7.89. The average Bonchev–Trinajstić information content (AvgIpc) is 2.85. The third-order valence-electron chi connectivity index (χ3n) is 4.16. The van der Waals surface area contributed by atoms with Crippen molar-refractivity contribution in [2.45, 2.75) is 56.8 Å². The van der Waals surface area contributed by atoms with Gasteiger partial charge < -0.3 is 9.84 Å². The third-order valence-corrected chi connectivity index (χ3v) is 5.79. The summed E-state index contributed by atoms with van der Waals surface area (Å²) >= 11 is 0. The Morgan fingerprint density at radius 3 is 2.62 bits per heavy atom. The molecule has 2 N–H and O–H groups in total. The molecule has 6 heteroatoms. The molecule has 0 aromatic heterocycles. The molecule has 0 radical (unpaired) electrons. The van der Waals surface area contributed by atoms with Crippen LogP contribution in [0.2, 0.25) is 0 Å². The molecule has 2 unspecified atom stereocenters. The Labute approximate surface area is 126 Å². The van der Waals surface area contributed by atoms with Crippen LogP contribution in [0.15, 0.2) is 17.0 Å². The molecule has 2 atom stereocenters. The normalized spacial score (nSPS) is 22.7. The zero-order valence-electron chi connectivity index (χ0n) is 12.7. The van der Waals surface area contributed by atoms with Gasteiger partial charge in [-0.3, -0.25) is 0 Å². The van der Waals surface area contributed by atoms with Crippen LogP contribution in [-0.4, -0.2) is 32.8 Å². The van der Waals surface area contributed by atoms with Crippen LogP contribution in [0.25, 0.3) is 0 Å². The van der Waals surface area contributed by atoms with Crippen molar-refractivity contribution in [1.29, 1.82) is 0 Å². The van der Waals surface area contributed by atoms with Gasteiger partial charge in [-0.15, -0.1) is 0 Å². The third kappa shape index (κ3) is 3.45. The fraction of sp³-hybridized carbons (Fsp3) is 0.600. The summed E-state index contributed by atoms with van der Waals surface area (Å²) < 4.78 is 33.3. The van der Waals surface area contributed by atoms with Gasteiger partial charge in [-0.05, 0) is 55.9 Å². The van der Waals surface area contributed by atoms with E-state index in [9.17, 15) is 13.5 Å². The molecule has 0 saturated heterocycles. The maximum absolute atomic E-state index is 12.6. The smallest absolute Gasteiger partial charge is 0.241 e. The van der Waals surface area contributed by atoms with Gasteiger partial charge in [0.05, 0.1) is 17.6 Å². The quantitative estimate of drug-likeness (QED) is 0.866. The fourth-order valence-corrected chi connectivity index (χ4v) is 4.52. The van der Waals surface area contributed by atoms with E-state index in [1.807, 2.05) is 6.92 Å². The number of benzene rings is 1. The Morgan fingerprint density at radius 1 is 1.29 bits per heavy atom. The van der Waals surface area contributed by atoms with Crippen molar-refractivity contribution in [2.75, 3.05) is 7.11 Å². The summed E-state index contributed by atoms with van der Waals surface area (Å²) in [5.41, 5.74) is 2.21. The lowest BCUT2D eigenvalue weighted by Gasteiger charge is -2.20. The molecular weight excluding hydrogens is 290 g/mol. The Balaban J connectivity index is 2.31. The molecule has 1 fully saturated rings. The van der Waals surface area contributed by atoms with Crippen LogP contribution >= 0.6 is 0 Å². The van der Waals surface area contributed by atoms with E-state index in [1.54, 1.807) is 26.2 Å². The Kier molecular flexibility index (Phi) is 5.03. The highest BCUT2D eigenvalue weighted by atomic mass is 32.2. The van der Waals surface area contributed by atoms with E-state index < -0.39 is 10.0 Å². The highest BCUT2D eigenvalue weighted by Gasteiger charge is 2.32. The molecule has 21 heavy (non-hydrogen) atoms. The summed E-state index contributed by atoms with van der Waals surface area (Å²) in [4.78, 5) is 0.235. The molecule has 0 bridgehead atoms. The fourth-order valence-electron chi connectivity index (χ4n) is 2.94. The maximum Gasteiger partial charge on any atom is 0.241 e. The molecule has 2 rings (SSSR count). The van der Waals surface area contributed by atoms with Crippen molar-refractivity contribution >= 4 is 10.0 Å². The first-order valence-electron chi connectivity index (χ1n) is 7.15. The Bertz CT molecular complexity index is 612. The second kappa shape index (κ2) is 6.44. The number of nitrogens with one attached hydrogen (secondary N) is 1. The van der Waals surface area contributed by atoms with Crippen LogP contribution < -0.4 is 4.72 Å². The van der Waals surface area contributed by atoms with Crippen LogP contribution in [0.5, 0.6) is 0 Å². The second-order valence-electron chi connectivity index (χ2n) is 5.64. The van der Waals surface area contributed by atoms with Crippen LogP contribution in [0.3, 0.4) is 0 Å². The molecule has 1 aliphatic rings. The van der Waals surface area contributed by atoms with Crippen LogP contribution in [0.1, 0.15) is 36.0 Å². The number of aliphatic hydroxyl groups excluding tert-OH is 1. The monoisotopic (exact) mass is 313 g/mol. The van der Waals surface area contributed by atoms with E-state index in [-0.39, 0.29) is 23.6 Å². The number of rotatable bonds is 5. The first-order valence-corrected chi connectivity index (χ1v) is 8.63. The average molecular weight is 313 g/mol. The zero-order valence-corrected chi connectivity index (χ0v) is 13.5. The van der Waals surface area contributed by atoms with Crippen molar-refractivity contribution in [3.8, 4) is 0 Å². The standard InChI is InChI=1S/C15H23NO4S/c1-10-7-11(2)15(8-12(10)9-17)21(18,19)16-13-5-4-6-14(13)20-3/h7-8,13-14,16-17H,4-6,9H2,1-3H3. The van der Waals surface area contributed by atoms with Gasteiger partial charge >= 0.3 is 0 Å². The lowest BCUT2D eigenvalue weighted by Crippen LogP contribution is -2.40. The molecule has 1 saturated carbocycles. The molecule has 0 spiro atoms. The van der Waals surface area contributed by atoms with Gasteiger partial charge in [-0.25, -0.2) is 13.1 Å². The van der Waals surface area contributed by atoms with Gasteiger partial charge in [-0.2, -0.15) is 0 Å². The van der Waals surface area contributed by atoms with E-state index in [4.69, 9.17) is 4.74 Å². The van der Waals surface area contributed by atoms with Gasteiger partial charge in [0.1, 0.15) is 0 Å². The molecule has 5 nitrogen and oxygen atoms in total. The summed E-state index contributed by atoms with van der Waals surface area (Å²) in [7, 11) is -2.00. The minimum Gasteiger partial charge on any atom is -0.392 e. The summed E-state index contributed by atoms with van der Waals surface area (Å²) in [6, 6.07) is 3.17. The molecule has 1 aliphatic carbocycles. The summed E-state index contributed by atoms with van der Waals surface area (Å²) in [5, 5.41) is 9.33. The summed E-state index contributed by atoms with van der Waals surface area (Å²) in [6.07, 6.45) is 2.55. The van der Waals surface area contributed by atoms with Crippen molar-refractivity contribution < 1.29 is 18.3 Å². The zero-order chi connectivity index (χ0) is 15.6. The number of hydrogen-bond acceptors (Lipinski definition) is 4. The molecule has 0 amide bonds. The Hall–Kier alpha value is -0.950. The second-order valence-corrected chi connectivity index (χ2v) is 7.32. The maximum atomic E-state index is 12.6. The molecule has 0 heterocycles. The summed E-state index contributed by atoms with van der Waals surface area (Å²) in [6.45, 7) is 3.46. The van der Waals surface area contributed by atoms with Gasteiger partial charge in [0.2, 0.25) is 10.0 Å². The minimum absolute atomic E-state index is 0.0668. The molecule has 118 valence electrons. The van der Waals surface area contributed by atoms with Crippen LogP contribution in [0.4, 0.5) is 0 Å². The van der Waals surface area contributed by atoms with E-state index in [1.165, 1.54) is 0 Å².